The summed E-state index contributed by atoms with van der Waals surface area (Å²) in [6.45, 7) is 8.52. The third-order valence-electron chi connectivity index (χ3n) is 5.94. The van der Waals surface area contributed by atoms with Crippen molar-refractivity contribution in [2.24, 2.45) is 0 Å². The van der Waals surface area contributed by atoms with E-state index in [1.165, 1.54) is 6.07 Å². The number of allylic oxidation sites excluding steroid dienone is 1. The molecular weight excluding hydrogens is 391 g/mol. The minimum absolute atomic E-state index is 0.177. The van der Waals surface area contributed by atoms with Gasteiger partial charge in [0.05, 0.1) is 16.6 Å². The standard InChI is InChI=1S/C25H29FN4O/c1-3-29(4-2)13-8-12-27-23-17-22-20(16-21(23)26)25(31)30-14-11-19(24(30)28-22)15-18-9-6-5-7-10-18/h5-7,9-10,15-17,27H,3-4,8,11-14H2,1-2H3/b19-15+. The van der Waals surface area contributed by atoms with Gasteiger partial charge in [-0.15, -0.1) is 0 Å². The van der Waals surface area contributed by atoms with Gasteiger partial charge in [-0.1, -0.05) is 44.2 Å². The number of benzene rings is 2. The molecule has 1 N–H and O–H groups in total. The number of rotatable bonds is 8. The van der Waals surface area contributed by atoms with Gasteiger partial charge in [-0.05, 0) is 61.8 Å². The van der Waals surface area contributed by atoms with E-state index in [0.29, 0.717) is 35.5 Å². The van der Waals surface area contributed by atoms with Crippen molar-refractivity contribution in [3.8, 4) is 0 Å². The van der Waals surface area contributed by atoms with Crippen molar-refractivity contribution in [1.82, 2.24) is 14.5 Å². The van der Waals surface area contributed by atoms with Crippen molar-refractivity contribution >= 4 is 28.2 Å². The molecule has 2 heterocycles. The number of hydrogen-bond donors (Lipinski definition) is 1. The summed E-state index contributed by atoms with van der Waals surface area (Å²) in [5.74, 6) is 0.272. The fourth-order valence-electron chi connectivity index (χ4n) is 4.13. The number of halogens is 1. The van der Waals surface area contributed by atoms with Gasteiger partial charge in [0, 0.05) is 13.1 Å². The Bertz CT molecular complexity index is 1150. The summed E-state index contributed by atoms with van der Waals surface area (Å²) in [4.78, 5) is 20.1. The first kappa shape index (κ1) is 21.2. The normalized spacial score (nSPS) is 14.5. The number of nitrogens with one attached hydrogen (secondary N) is 1. The highest BCUT2D eigenvalue weighted by Gasteiger charge is 2.22. The maximum Gasteiger partial charge on any atom is 0.261 e. The van der Waals surface area contributed by atoms with Crippen molar-refractivity contribution in [2.75, 3.05) is 31.5 Å². The third kappa shape index (κ3) is 4.54. The van der Waals surface area contributed by atoms with Crippen LogP contribution >= 0.6 is 0 Å². The molecular formula is C25H29FN4O. The molecule has 4 rings (SSSR count). The molecule has 1 aliphatic heterocycles. The van der Waals surface area contributed by atoms with Gasteiger partial charge in [0.2, 0.25) is 0 Å². The van der Waals surface area contributed by atoms with Crippen LogP contribution in [0.3, 0.4) is 0 Å². The Balaban J connectivity index is 1.61. The average molecular weight is 421 g/mol. The van der Waals surface area contributed by atoms with Gasteiger partial charge in [0.1, 0.15) is 11.6 Å². The molecule has 6 heteroatoms. The van der Waals surface area contributed by atoms with Crippen LogP contribution in [0.15, 0.2) is 47.3 Å². The van der Waals surface area contributed by atoms with Crippen LogP contribution in [0.1, 0.15) is 38.1 Å². The molecule has 5 nitrogen and oxygen atoms in total. The van der Waals surface area contributed by atoms with E-state index in [9.17, 15) is 9.18 Å². The molecule has 0 bridgehead atoms. The van der Waals surface area contributed by atoms with Crippen molar-refractivity contribution in [2.45, 2.75) is 33.2 Å². The topological polar surface area (TPSA) is 50.2 Å². The predicted molar refractivity (Wildman–Crippen MR) is 126 cm³/mol. The van der Waals surface area contributed by atoms with Gasteiger partial charge < -0.3 is 10.2 Å². The molecule has 0 radical (unpaired) electrons. The molecule has 0 saturated carbocycles. The Morgan fingerprint density at radius 1 is 1.19 bits per heavy atom. The van der Waals surface area contributed by atoms with Gasteiger partial charge in [-0.3, -0.25) is 9.36 Å². The Hall–Kier alpha value is -2.99. The van der Waals surface area contributed by atoms with Gasteiger partial charge in [0.25, 0.3) is 5.56 Å². The van der Waals surface area contributed by atoms with Crippen LogP contribution in [-0.2, 0) is 6.54 Å². The first-order chi connectivity index (χ1) is 15.1. The molecule has 0 fully saturated rings. The van der Waals surface area contributed by atoms with Crippen LogP contribution < -0.4 is 10.9 Å². The monoisotopic (exact) mass is 420 g/mol. The van der Waals surface area contributed by atoms with E-state index in [1.807, 2.05) is 30.3 Å². The Morgan fingerprint density at radius 2 is 1.97 bits per heavy atom. The highest BCUT2D eigenvalue weighted by Crippen LogP contribution is 2.28. The van der Waals surface area contributed by atoms with Crippen LogP contribution in [0.25, 0.3) is 22.6 Å². The van der Waals surface area contributed by atoms with E-state index in [0.717, 1.165) is 43.6 Å². The second kappa shape index (κ2) is 9.43. The van der Waals surface area contributed by atoms with Crippen molar-refractivity contribution < 1.29 is 4.39 Å². The first-order valence-electron chi connectivity index (χ1n) is 11.1. The molecule has 0 saturated heterocycles. The molecule has 0 atom stereocenters. The maximum atomic E-state index is 14.7. The summed E-state index contributed by atoms with van der Waals surface area (Å²) in [7, 11) is 0. The predicted octanol–water partition coefficient (Wildman–Crippen LogP) is 4.62. The summed E-state index contributed by atoms with van der Waals surface area (Å²) in [5.41, 5.74) is 2.86. The van der Waals surface area contributed by atoms with E-state index in [1.54, 1.807) is 10.6 Å². The zero-order chi connectivity index (χ0) is 21.8. The molecule has 31 heavy (non-hydrogen) atoms. The summed E-state index contributed by atoms with van der Waals surface area (Å²) < 4.78 is 16.3. The lowest BCUT2D eigenvalue weighted by molar-refractivity contribution is 0.303. The van der Waals surface area contributed by atoms with Crippen LogP contribution in [0, 0.1) is 5.82 Å². The second-order valence-corrected chi connectivity index (χ2v) is 7.88. The first-order valence-corrected chi connectivity index (χ1v) is 11.1. The Labute approximate surface area is 182 Å². The van der Waals surface area contributed by atoms with E-state index < -0.39 is 5.82 Å². The number of aromatic nitrogens is 2. The van der Waals surface area contributed by atoms with E-state index in [4.69, 9.17) is 4.98 Å². The molecule has 0 spiro atoms. The number of nitrogens with zero attached hydrogens (tertiary/aromatic N) is 3. The van der Waals surface area contributed by atoms with Crippen LogP contribution in [-0.4, -0.2) is 40.6 Å². The smallest absolute Gasteiger partial charge is 0.261 e. The lowest BCUT2D eigenvalue weighted by atomic mass is 10.1. The fraction of sp³-hybridized carbons (Fsp3) is 0.360. The molecule has 0 amide bonds. The minimum Gasteiger partial charge on any atom is -0.383 e. The van der Waals surface area contributed by atoms with Crippen molar-refractivity contribution in [3.63, 3.8) is 0 Å². The highest BCUT2D eigenvalue weighted by molar-refractivity contribution is 5.86. The largest absolute Gasteiger partial charge is 0.383 e. The number of fused-ring (bicyclic) bond motifs is 2. The second-order valence-electron chi connectivity index (χ2n) is 7.88. The number of anilines is 1. The Kier molecular flexibility index (Phi) is 6.47. The zero-order valence-electron chi connectivity index (χ0n) is 18.2. The summed E-state index contributed by atoms with van der Waals surface area (Å²) >= 11 is 0. The van der Waals surface area contributed by atoms with Gasteiger partial charge in [-0.25, -0.2) is 9.37 Å². The summed E-state index contributed by atoms with van der Waals surface area (Å²) in [6, 6.07) is 13.0. The molecule has 3 aromatic rings. The molecule has 0 aliphatic carbocycles. The fourth-order valence-corrected chi connectivity index (χ4v) is 4.13. The molecule has 1 aliphatic rings. The highest BCUT2D eigenvalue weighted by atomic mass is 19.1. The van der Waals surface area contributed by atoms with Crippen molar-refractivity contribution in [3.05, 3.63) is 70.0 Å². The van der Waals surface area contributed by atoms with Crippen molar-refractivity contribution in [1.29, 1.82) is 0 Å². The molecule has 0 unspecified atom stereocenters. The van der Waals surface area contributed by atoms with E-state index >= 15 is 0 Å². The van der Waals surface area contributed by atoms with Crippen LogP contribution in [0.2, 0.25) is 0 Å². The van der Waals surface area contributed by atoms with E-state index in [2.05, 4.69) is 30.1 Å². The molecule has 162 valence electrons. The third-order valence-corrected chi connectivity index (χ3v) is 5.94. The SMILES string of the molecule is CCN(CC)CCCNc1cc2nc3n(c(=O)c2cc1F)CC/C3=C\c1ccccc1. The quantitative estimate of drug-likeness (QED) is 0.540. The zero-order valence-corrected chi connectivity index (χ0v) is 18.2. The molecule has 1 aromatic heterocycles. The van der Waals surface area contributed by atoms with Gasteiger partial charge >= 0.3 is 0 Å². The van der Waals surface area contributed by atoms with Gasteiger partial charge in [0.15, 0.2) is 0 Å². The summed E-state index contributed by atoms with van der Waals surface area (Å²) in [6.07, 6.45) is 3.74. The number of hydrogen-bond acceptors (Lipinski definition) is 4. The lowest BCUT2D eigenvalue weighted by Crippen LogP contribution is -2.25. The lowest BCUT2D eigenvalue weighted by Gasteiger charge is -2.18. The average Bonchev–Trinajstić information content (AvgIpc) is 3.18. The minimum atomic E-state index is -0.409. The maximum absolute atomic E-state index is 14.7. The van der Waals surface area contributed by atoms with E-state index in [-0.39, 0.29) is 5.56 Å². The van der Waals surface area contributed by atoms with Gasteiger partial charge in [-0.2, -0.15) is 0 Å². The Morgan fingerprint density at radius 3 is 2.71 bits per heavy atom. The van der Waals surface area contributed by atoms with Crippen LogP contribution in [0.4, 0.5) is 10.1 Å². The van der Waals surface area contributed by atoms with Crippen LogP contribution in [0.5, 0.6) is 0 Å². The summed E-state index contributed by atoms with van der Waals surface area (Å²) in [5, 5.41) is 3.51. The molecule has 2 aromatic carbocycles.